The molecule has 0 fully saturated rings. The van der Waals surface area contributed by atoms with Gasteiger partial charge in [0.1, 0.15) is 12.7 Å². The van der Waals surface area contributed by atoms with Gasteiger partial charge in [0, 0.05) is 23.5 Å². The van der Waals surface area contributed by atoms with Crippen LogP contribution < -0.4 is 10.6 Å². The Morgan fingerprint density at radius 1 is 0.871 bits per heavy atom. The summed E-state index contributed by atoms with van der Waals surface area (Å²) in [6.07, 6.45) is 3.07. The van der Waals surface area contributed by atoms with Crippen LogP contribution in [-0.4, -0.2) is 26.6 Å². The van der Waals surface area contributed by atoms with E-state index in [0.717, 1.165) is 5.56 Å². The highest BCUT2D eigenvalue weighted by Gasteiger charge is 2.13. The first-order valence-corrected chi connectivity index (χ1v) is 9.86. The number of carbonyl (C=O) groups excluding carboxylic acids is 2. The van der Waals surface area contributed by atoms with Crippen LogP contribution in [0.3, 0.4) is 0 Å². The lowest BCUT2D eigenvalue weighted by Crippen LogP contribution is -2.22. The molecule has 4 aromatic rings. The fraction of sp³-hybridized carbons (Fsp3) is 0.0435. The van der Waals surface area contributed by atoms with E-state index in [1.165, 1.54) is 12.7 Å². The second-order valence-electron chi connectivity index (χ2n) is 6.73. The van der Waals surface area contributed by atoms with E-state index in [2.05, 4.69) is 20.8 Å². The molecule has 0 saturated heterocycles. The van der Waals surface area contributed by atoms with Gasteiger partial charge in [-0.15, -0.1) is 10.2 Å². The van der Waals surface area contributed by atoms with Gasteiger partial charge >= 0.3 is 0 Å². The van der Waals surface area contributed by atoms with Crippen molar-refractivity contribution in [2.24, 2.45) is 0 Å². The van der Waals surface area contributed by atoms with E-state index in [4.69, 9.17) is 11.6 Å². The zero-order chi connectivity index (χ0) is 21.6. The number of anilines is 1. The lowest BCUT2D eigenvalue weighted by atomic mass is 10.1. The molecule has 4 rings (SSSR count). The number of nitrogens with zero attached hydrogens (tertiary/aromatic N) is 3. The van der Waals surface area contributed by atoms with Gasteiger partial charge in [-0.1, -0.05) is 41.9 Å². The van der Waals surface area contributed by atoms with Gasteiger partial charge < -0.3 is 10.6 Å². The summed E-state index contributed by atoms with van der Waals surface area (Å²) in [6, 6.07) is 21.4. The summed E-state index contributed by atoms with van der Waals surface area (Å²) in [5.74, 6) is -0.548. The van der Waals surface area contributed by atoms with E-state index in [0.29, 0.717) is 34.1 Å². The Morgan fingerprint density at radius 2 is 1.58 bits per heavy atom. The summed E-state index contributed by atoms with van der Waals surface area (Å²) in [6.45, 7) is 0.444. The Kier molecular flexibility index (Phi) is 6.05. The Labute approximate surface area is 183 Å². The molecule has 0 aliphatic heterocycles. The summed E-state index contributed by atoms with van der Waals surface area (Å²) in [5.41, 5.74) is 3.10. The smallest absolute Gasteiger partial charge is 0.257 e. The molecule has 31 heavy (non-hydrogen) atoms. The van der Waals surface area contributed by atoms with Crippen LogP contribution in [0, 0.1) is 0 Å². The molecule has 0 unspecified atom stereocenters. The fourth-order valence-electron chi connectivity index (χ4n) is 2.97. The summed E-state index contributed by atoms with van der Waals surface area (Å²) in [7, 11) is 0. The lowest BCUT2D eigenvalue weighted by molar-refractivity contribution is 0.0950. The molecule has 0 spiro atoms. The van der Waals surface area contributed by atoms with Gasteiger partial charge in [0.2, 0.25) is 0 Å². The van der Waals surface area contributed by atoms with Crippen molar-refractivity contribution in [1.29, 1.82) is 0 Å². The Morgan fingerprint density at radius 3 is 2.29 bits per heavy atom. The Balaban J connectivity index is 1.41. The third-order valence-corrected chi connectivity index (χ3v) is 4.94. The Hall–Kier alpha value is -3.97. The quantitative estimate of drug-likeness (QED) is 0.481. The predicted octanol–water partition coefficient (Wildman–Crippen LogP) is 4.10. The zero-order valence-corrected chi connectivity index (χ0v) is 17.1. The largest absolute Gasteiger partial charge is 0.348 e. The molecule has 1 heterocycles. The van der Waals surface area contributed by atoms with Crippen LogP contribution >= 0.6 is 11.6 Å². The number of halogens is 1. The minimum Gasteiger partial charge on any atom is -0.348 e. The van der Waals surface area contributed by atoms with Crippen LogP contribution in [0.1, 0.15) is 26.3 Å². The molecule has 154 valence electrons. The third-order valence-electron chi connectivity index (χ3n) is 4.61. The number of carbonyl (C=O) groups is 2. The number of rotatable bonds is 6. The first-order valence-electron chi connectivity index (χ1n) is 9.48. The molecule has 2 amide bonds. The van der Waals surface area contributed by atoms with Gasteiger partial charge in [-0.2, -0.15) is 0 Å². The molecular weight excluding hydrogens is 414 g/mol. The van der Waals surface area contributed by atoms with Gasteiger partial charge in [-0.05, 0) is 48.0 Å². The number of hydrogen-bond acceptors (Lipinski definition) is 4. The molecule has 0 aliphatic carbocycles. The van der Waals surface area contributed by atoms with E-state index < -0.39 is 0 Å². The van der Waals surface area contributed by atoms with E-state index >= 15 is 0 Å². The highest BCUT2D eigenvalue weighted by atomic mass is 35.5. The topological polar surface area (TPSA) is 88.9 Å². The third kappa shape index (κ3) is 4.96. The van der Waals surface area contributed by atoms with Crippen molar-refractivity contribution >= 4 is 29.1 Å². The van der Waals surface area contributed by atoms with Gasteiger partial charge in [0.25, 0.3) is 11.8 Å². The molecule has 0 saturated carbocycles. The standard InChI is InChI=1S/C23H18ClN5O2/c24-21-11-10-19(29-14-26-27-15-29)12-20(21)23(31)28-18-8-6-17(7-9-18)22(30)25-13-16-4-2-1-3-5-16/h1-12,14-15H,13H2,(H,25,30)(H,28,31). The first-order chi connectivity index (χ1) is 15.1. The van der Waals surface area contributed by atoms with Crippen molar-refractivity contribution in [3.63, 3.8) is 0 Å². The minimum atomic E-state index is -0.360. The number of amides is 2. The van der Waals surface area contributed by atoms with Crippen LogP contribution in [0.2, 0.25) is 5.02 Å². The van der Waals surface area contributed by atoms with Crippen LogP contribution in [0.4, 0.5) is 5.69 Å². The highest BCUT2D eigenvalue weighted by molar-refractivity contribution is 6.34. The average molecular weight is 432 g/mol. The Bertz CT molecular complexity index is 1190. The first kappa shape index (κ1) is 20.3. The van der Waals surface area contributed by atoms with E-state index in [9.17, 15) is 9.59 Å². The van der Waals surface area contributed by atoms with Crippen molar-refractivity contribution in [2.45, 2.75) is 6.54 Å². The van der Waals surface area contributed by atoms with Crippen LogP contribution in [0.15, 0.2) is 85.5 Å². The van der Waals surface area contributed by atoms with Gasteiger partial charge in [0.15, 0.2) is 0 Å². The van der Waals surface area contributed by atoms with Gasteiger partial charge in [-0.25, -0.2) is 0 Å². The molecule has 0 bridgehead atoms. The predicted molar refractivity (Wildman–Crippen MR) is 118 cm³/mol. The molecule has 1 aromatic heterocycles. The monoisotopic (exact) mass is 431 g/mol. The minimum absolute atomic E-state index is 0.189. The fourth-order valence-corrected chi connectivity index (χ4v) is 3.17. The number of nitrogens with one attached hydrogen (secondary N) is 2. The summed E-state index contributed by atoms with van der Waals surface area (Å²) in [4.78, 5) is 25.1. The molecule has 8 heteroatoms. The number of aromatic nitrogens is 3. The second-order valence-corrected chi connectivity index (χ2v) is 7.14. The van der Waals surface area contributed by atoms with Crippen molar-refractivity contribution in [1.82, 2.24) is 20.1 Å². The zero-order valence-electron chi connectivity index (χ0n) is 16.3. The van der Waals surface area contributed by atoms with E-state index in [1.807, 2.05) is 30.3 Å². The molecule has 3 aromatic carbocycles. The summed E-state index contributed by atoms with van der Waals surface area (Å²) in [5, 5.41) is 13.5. The second kappa shape index (κ2) is 9.23. The lowest BCUT2D eigenvalue weighted by Gasteiger charge is -2.10. The van der Waals surface area contributed by atoms with Crippen molar-refractivity contribution in [2.75, 3.05) is 5.32 Å². The maximum Gasteiger partial charge on any atom is 0.257 e. The van der Waals surface area contributed by atoms with Crippen molar-refractivity contribution in [3.05, 3.63) is 107 Å². The van der Waals surface area contributed by atoms with Gasteiger partial charge in [-0.3, -0.25) is 14.2 Å². The summed E-state index contributed by atoms with van der Waals surface area (Å²) >= 11 is 6.22. The molecule has 2 N–H and O–H groups in total. The van der Waals surface area contributed by atoms with Gasteiger partial charge in [0.05, 0.1) is 10.6 Å². The number of hydrogen-bond donors (Lipinski definition) is 2. The van der Waals surface area contributed by atoms with E-state index in [1.54, 1.807) is 47.0 Å². The SMILES string of the molecule is O=C(NCc1ccccc1)c1ccc(NC(=O)c2cc(-n3cnnc3)ccc2Cl)cc1. The van der Waals surface area contributed by atoms with Crippen LogP contribution in [0.25, 0.3) is 5.69 Å². The maximum absolute atomic E-state index is 12.7. The number of benzene rings is 3. The van der Waals surface area contributed by atoms with Crippen molar-refractivity contribution < 1.29 is 9.59 Å². The van der Waals surface area contributed by atoms with Crippen LogP contribution in [-0.2, 0) is 6.54 Å². The molecule has 0 aliphatic rings. The molecular formula is C23H18ClN5O2. The highest BCUT2D eigenvalue weighted by Crippen LogP contribution is 2.21. The average Bonchev–Trinajstić information content (AvgIpc) is 3.34. The molecule has 0 radical (unpaired) electrons. The normalized spacial score (nSPS) is 10.5. The molecule has 7 nitrogen and oxygen atoms in total. The van der Waals surface area contributed by atoms with Crippen LogP contribution in [0.5, 0.6) is 0 Å². The van der Waals surface area contributed by atoms with E-state index in [-0.39, 0.29) is 11.8 Å². The molecule has 0 atom stereocenters. The maximum atomic E-state index is 12.7. The summed E-state index contributed by atoms with van der Waals surface area (Å²) < 4.78 is 1.68. The van der Waals surface area contributed by atoms with Crippen molar-refractivity contribution in [3.8, 4) is 5.69 Å².